The molecule has 1 aromatic heterocycles. The van der Waals surface area contributed by atoms with E-state index in [0.29, 0.717) is 18.7 Å². The molecule has 1 unspecified atom stereocenters. The molecule has 1 saturated heterocycles. The van der Waals surface area contributed by atoms with Crippen molar-refractivity contribution in [1.82, 2.24) is 15.2 Å². The molecule has 1 amide bonds. The molecular formula is C14H18F3N3O2. The molecular weight excluding hydrogens is 299 g/mol. The van der Waals surface area contributed by atoms with Gasteiger partial charge in [-0.15, -0.1) is 0 Å². The summed E-state index contributed by atoms with van der Waals surface area (Å²) in [6.45, 7) is -0.00683. The van der Waals surface area contributed by atoms with Crippen LogP contribution in [0.3, 0.4) is 0 Å². The number of alkyl halides is 3. The van der Waals surface area contributed by atoms with Gasteiger partial charge in [-0.2, -0.15) is 13.2 Å². The van der Waals surface area contributed by atoms with Crippen LogP contribution in [0.5, 0.6) is 5.88 Å². The summed E-state index contributed by atoms with van der Waals surface area (Å²) in [5.41, 5.74) is 0.349. The number of hydrogen-bond acceptors (Lipinski definition) is 4. The van der Waals surface area contributed by atoms with Crippen LogP contribution in [0.1, 0.15) is 23.2 Å². The van der Waals surface area contributed by atoms with Crippen molar-refractivity contribution in [2.24, 2.45) is 0 Å². The van der Waals surface area contributed by atoms with E-state index in [0.717, 1.165) is 12.8 Å². The molecule has 0 radical (unpaired) electrons. The first-order valence-corrected chi connectivity index (χ1v) is 7.02. The fraction of sp³-hybridized carbons (Fsp3) is 0.571. The summed E-state index contributed by atoms with van der Waals surface area (Å²) in [7, 11) is 1.83. The minimum Gasteiger partial charge on any atom is -0.468 e. The third kappa shape index (κ3) is 4.33. The summed E-state index contributed by atoms with van der Waals surface area (Å²) in [5, 5.41) is 3.05. The Kier molecular flexibility index (Phi) is 5.23. The molecule has 1 aromatic rings. The maximum absolute atomic E-state index is 12.4. The van der Waals surface area contributed by atoms with Crippen molar-refractivity contribution in [2.45, 2.75) is 25.1 Å². The molecule has 1 N–H and O–H groups in total. The van der Waals surface area contributed by atoms with Crippen molar-refractivity contribution in [3.05, 3.63) is 23.9 Å². The smallest absolute Gasteiger partial charge is 0.422 e. The number of aromatic nitrogens is 1. The van der Waals surface area contributed by atoms with Crippen molar-refractivity contribution in [1.29, 1.82) is 0 Å². The predicted molar refractivity (Wildman–Crippen MR) is 73.8 cm³/mol. The number of carbonyl (C=O) groups is 1. The summed E-state index contributed by atoms with van der Waals surface area (Å²) in [6, 6.07) is 2.86. The first-order valence-electron chi connectivity index (χ1n) is 7.02. The molecule has 122 valence electrons. The maximum Gasteiger partial charge on any atom is 0.422 e. The topological polar surface area (TPSA) is 54.5 Å². The zero-order chi connectivity index (χ0) is 16.2. The van der Waals surface area contributed by atoms with Crippen LogP contribution in [0.4, 0.5) is 13.2 Å². The monoisotopic (exact) mass is 317 g/mol. The normalized spacial score (nSPS) is 18.5. The average molecular weight is 317 g/mol. The molecule has 1 aliphatic heterocycles. The highest BCUT2D eigenvalue weighted by Gasteiger charge is 2.30. The number of likely N-dealkylation sites (tertiary alicyclic amines) is 1. The van der Waals surface area contributed by atoms with Crippen molar-refractivity contribution in [3.63, 3.8) is 0 Å². The molecule has 0 spiro atoms. The maximum atomic E-state index is 12.4. The summed E-state index contributed by atoms with van der Waals surface area (Å²) in [4.78, 5) is 17.9. The van der Waals surface area contributed by atoms with E-state index in [1.807, 2.05) is 7.05 Å². The van der Waals surface area contributed by atoms with Crippen molar-refractivity contribution in [2.75, 3.05) is 26.7 Å². The van der Waals surface area contributed by atoms with Crippen molar-refractivity contribution >= 4 is 5.91 Å². The quantitative estimate of drug-likeness (QED) is 0.900. The third-order valence-electron chi connectivity index (χ3n) is 3.44. The highest BCUT2D eigenvalue weighted by molar-refractivity contribution is 5.94. The van der Waals surface area contributed by atoms with Gasteiger partial charge in [0.15, 0.2) is 6.61 Å². The number of ether oxygens (including phenoxy) is 1. The van der Waals surface area contributed by atoms with E-state index in [1.54, 1.807) is 4.90 Å². The Hall–Kier alpha value is -1.83. The number of carbonyl (C=O) groups excluding carboxylic acids is 1. The molecule has 1 aliphatic rings. The van der Waals surface area contributed by atoms with Crippen LogP contribution in [0.25, 0.3) is 0 Å². The van der Waals surface area contributed by atoms with E-state index in [-0.39, 0.29) is 17.8 Å². The Morgan fingerprint density at radius 1 is 1.50 bits per heavy atom. The van der Waals surface area contributed by atoms with Crippen molar-refractivity contribution < 1.29 is 22.7 Å². The molecule has 0 aliphatic carbocycles. The molecule has 2 heterocycles. The zero-order valence-corrected chi connectivity index (χ0v) is 12.2. The van der Waals surface area contributed by atoms with Crippen LogP contribution in [0.2, 0.25) is 0 Å². The lowest BCUT2D eigenvalue weighted by molar-refractivity contribution is -0.154. The fourth-order valence-corrected chi connectivity index (χ4v) is 2.46. The lowest BCUT2D eigenvalue weighted by Gasteiger charge is -2.24. The second-order valence-corrected chi connectivity index (χ2v) is 5.14. The first-order chi connectivity index (χ1) is 10.4. The van der Waals surface area contributed by atoms with Crippen LogP contribution in [0, 0.1) is 0 Å². The minimum absolute atomic E-state index is 0.138. The SMILES string of the molecule is CNCC1CCCN1C(=O)c1ccc(OCC(F)(F)F)nc1. The zero-order valence-electron chi connectivity index (χ0n) is 12.2. The second-order valence-electron chi connectivity index (χ2n) is 5.14. The Bertz CT molecular complexity index is 505. The number of nitrogens with one attached hydrogen (secondary N) is 1. The van der Waals surface area contributed by atoms with Crippen LogP contribution in [0.15, 0.2) is 18.3 Å². The molecule has 22 heavy (non-hydrogen) atoms. The van der Waals surface area contributed by atoms with Gasteiger partial charge in [0.05, 0.1) is 5.56 Å². The summed E-state index contributed by atoms with van der Waals surface area (Å²) >= 11 is 0. The molecule has 0 aromatic carbocycles. The van der Waals surface area contributed by atoms with Gasteiger partial charge in [-0.1, -0.05) is 0 Å². The largest absolute Gasteiger partial charge is 0.468 e. The Balaban J connectivity index is 1.99. The lowest BCUT2D eigenvalue weighted by Crippen LogP contribution is -2.40. The summed E-state index contributed by atoms with van der Waals surface area (Å²) < 4.78 is 40.7. The van der Waals surface area contributed by atoms with Gasteiger partial charge in [0.2, 0.25) is 5.88 Å². The van der Waals surface area contributed by atoms with Crippen LogP contribution >= 0.6 is 0 Å². The fourth-order valence-electron chi connectivity index (χ4n) is 2.46. The van der Waals surface area contributed by atoms with Gasteiger partial charge in [0.25, 0.3) is 5.91 Å². The van der Waals surface area contributed by atoms with Crippen molar-refractivity contribution in [3.8, 4) is 5.88 Å². The van der Waals surface area contributed by atoms with Gasteiger partial charge in [-0.05, 0) is 26.0 Å². The number of likely N-dealkylation sites (N-methyl/N-ethyl adjacent to an activating group) is 1. The molecule has 0 saturated carbocycles. The van der Waals surface area contributed by atoms with Crippen LogP contribution in [-0.2, 0) is 0 Å². The van der Waals surface area contributed by atoms with Crippen LogP contribution < -0.4 is 10.1 Å². The second kappa shape index (κ2) is 6.95. The van der Waals surface area contributed by atoms with Crippen LogP contribution in [-0.4, -0.2) is 54.8 Å². The Morgan fingerprint density at radius 2 is 2.27 bits per heavy atom. The molecule has 2 rings (SSSR count). The molecule has 8 heteroatoms. The standard InChI is InChI=1S/C14H18F3N3O2/c1-18-8-11-3-2-6-20(11)13(21)10-4-5-12(19-7-10)22-9-14(15,16)17/h4-5,7,11,18H,2-3,6,8-9H2,1H3. The highest BCUT2D eigenvalue weighted by atomic mass is 19.4. The number of hydrogen-bond donors (Lipinski definition) is 1. The molecule has 5 nitrogen and oxygen atoms in total. The van der Waals surface area contributed by atoms with E-state index < -0.39 is 12.8 Å². The number of pyridine rings is 1. The minimum atomic E-state index is -4.41. The molecule has 1 atom stereocenters. The molecule has 0 bridgehead atoms. The number of rotatable bonds is 5. The predicted octanol–water partition coefficient (Wildman–Crippen LogP) is 1.85. The van der Waals surface area contributed by atoms with Gasteiger partial charge in [0.1, 0.15) is 0 Å². The number of amides is 1. The number of halogens is 3. The summed E-state index contributed by atoms with van der Waals surface area (Å²) in [6.07, 6.45) is -1.28. The van der Waals surface area contributed by atoms with Gasteiger partial charge in [0, 0.05) is 31.4 Å². The van der Waals surface area contributed by atoms with E-state index in [1.165, 1.54) is 18.3 Å². The van der Waals surface area contributed by atoms with Gasteiger partial charge < -0.3 is 15.0 Å². The third-order valence-corrected chi connectivity index (χ3v) is 3.44. The van der Waals surface area contributed by atoms with Gasteiger partial charge in [-0.3, -0.25) is 4.79 Å². The van der Waals surface area contributed by atoms with E-state index in [2.05, 4.69) is 15.0 Å². The van der Waals surface area contributed by atoms with E-state index >= 15 is 0 Å². The first kappa shape index (κ1) is 16.5. The average Bonchev–Trinajstić information content (AvgIpc) is 2.93. The Morgan fingerprint density at radius 3 is 2.86 bits per heavy atom. The highest BCUT2D eigenvalue weighted by Crippen LogP contribution is 2.21. The van der Waals surface area contributed by atoms with E-state index in [9.17, 15) is 18.0 Å². The van der Waals surface area contributed by atoms with Gasteiger partial charge >= 0.3 is 6.18 Å². The Labute approximate surface area is 126 Å². The summed E-state index contributed by atoms with van der Waals surface area (Å²) in [5.74, 6) is -0.310. The lowest BCUT2D eigenvalue weighted by atomic mass is 10.2. The van der Waals surface area contributed by atoms with E-state index in [4.69, 9.17) is 0 Å². The molecule has 1 fully saturated rings. The number of nitrogens with zero attached hydrogens (tertiary/aromatic N) is 2. The van der Waals surface area contributed by atoms with Gasteiger partial charge in [-0.25, -0.2) is 4.98 Å².